The summed E-state index contributed by atoms with van der Waals surface area (Å²) in [6.07, 6.45) is 0. The molecule has 0 saturated carbocycles. The van der Waals surface area contributed by atoms with E-state index in [-0.39, 0.29) is 6.04 Å². The van der Waals surface area contributed by atoms with Gasteiger partial charge < -0.3 is 9.47 Å². The van der Waals surface area contributed by atoms with Gasteiger partial charge in [-0.25, -0.2) is 5.43 Å². The molecule has 2 rings (SSSR count). The first-order valence-corrected chi connectivity index (χ1v) is 7.33. The van der Waals surface area contributed by atoms with Crippen LogP contribution in [0.15, 0.2) is 40.9 Å². The summed E-state index contributed by atoms with van der Waals surface area (Å²) >= 11 is 3.52. The highest BCUT2D eigenvalue weighted by Gasteiger charge is 2.18. The van der Waals surface area contributed by atoms with Crippen LogP contribution >= 0.6 is 15.9 Å². The van der Waals surface area contributed by atoms with Crippen LogP contribution in [0.2, 0.25) is 0 Å². The standard InChI is InChI=1S/C16H19BrN2O2/c1-10-6-11(8-12(17)7-10)16(19-18)14-9-13(20-2)4-5-15(14)21-3/h4-9,16,19H,18H2,1-3H3. The molecule has 21 heavy (non-hydrogen) atoms. The molecule has 1 unspecified atom stereocenters. The first kappa shape index (κ1) is 15.8. The van der Waals surface area contributed by atoms with Crippen molar-refractivity contribution in [1.29, 1.82) is 0 Å². The van der Waals surface area contributed by atoms with Gasteiger partial charge in [0.15, 0.2) is 0 Å². The maximum Gasteiger partial charge on any atom is 0.124 e. The normalized spacial score (nSPS) is 12.0. The van der Waals surface area contributed by atoms with Gasteiger partial charge in [0, 0.05) is 10.0 Å². The lowest BCUT2D eigenvalue weighted by atomic mass is 9.97. The molecule has 1 atom stereocenters. The average Bonchev–Trinajstić information content (AvgIpc) is 2.47. The number of hydrazine groups is 1. The Labute approximate surface area is 133 Å². The Morgan fingerprint density at radius 3 is 2.43 bits per heavy atom. The Bertz CT molecular complexity index is 611. The van der Waals surface area contributed by atoms with Crippen molar-refractivity contribution in [2.24, 2.45) is 5.84 Å². The lowest BCUT2D eigenvalue weighted by molar-refractivity contribution is 0.394. The van der Waals surface area contributed by atoms with Crippen LogP contribution in [-0.2, 0) is 0 Å². The molecule has 0 aliphatic heterocycles. The molecule has 0 aliphatic carbocycles. The van der Waals surface area contributed by atoms with Gasteiger partial charge in [0.25, 0.3) is 0 Å². The fraction of sp³-hybridized carbons (Fsp3) is 0.250. The van der Waals surface area contributed by atoms with Gasteiger partial charge in [-0.2, -0.15) is 0 Å². The minimum absolute atomic E-state index is 0.189. The summed E-state index contributed by atoms with van der Waals surface area (Å²) in [6, 6.07) is 11.7. The number of aryl methyl sites for hydroxylation is 1. The molecule has 0 spiro atoms. The summed E-state index contributed by atoms with van der Waals surface area (Å²) in [6.45, 7) is 2.05. The molecule has 0 heterocycles. The highest BCUT2D eigenvalue weighted by atomic mass is 79.9. The SMILES string of the molecule is COc1ccc(OC)c(C(NN)c2cc(C)cc(Br)c2)c1. The topological polar surface area (TPSA) is 56.5 Å². The largest absolute Gasteiger partial charge is 0.497 e. The maximum atomic E-state index is 5.79. The second kappa shape index (κ2) is 6.93. The van der Waals surface area contributed by atoms with Gasteiger partial charge in [0.1, 0.15) is 11.5 Å². The van der Waals surface area contributed by atoms with E-state index in [1.54, 1.807) is 14.2 Å². The van der Waals surface area contributed by atoms with Gasteiger partial charge in [-0.15, -0.1) is 0 Å². The molecular weight excluding hydrogens is 332 g/mol. The summed E-state index contributed by atoms with van der Waals surface area (Å²) < 4.78 is 11.8. The van der Waals surface area contributed by atoms with E-state index >= 15 is 0 Å². The van der Waals surface area contributed by atoms with Crippen molar-refractivity contribution in [2.45, 2.75) is 13.0 Å². The van der Waals surface area contributed by atoms with Crippen molar-refractivity contribution in [1.82, 2.24) is 5.43 Å². The van der Waals surface area contributed by atoms with Gasteiger partial charge in [0.2, 0.25) is 0 Å². The zero-order valence-corrected chi connectivity index (χ0v) is 13.9. The lowest BCUT2D eigenvalue weighted by Crippen LogP contribution is -2.29. The van der Waals surface area contributed by atoms with E-state index < -0.39 is 0 Å². The van der Waals surface area contributed by atoms with Crippen LogP contribution < -0.4 is 20.7 Å². The van der Waals surface area contributed by atoms with Crippen molar-refractivity contribution in [2.75, 3.05) is 14.2 Å². The lowest BCUT2D eigenvalue weighted by Gasteiger charge is -2.21. The first-order chi connectivity index (χ1) is 10.1. The van der Waals surface area contributed by atoms with Gasteiger partial charge in [-0.3, -0.25) is 5.84 Å². The third kappa shape index (κ3) is 3.56. The van der Waals surface area contributed by atoms with Crippen molar-refractivity contribution >= 4 is 15.9 Å². The monoisotopic (exact) mass is 350 g/mol. The fourth-order valence-corrected chi connectivity index (χ4v) is 2.99. The summed E-state index contributed by atoms with van der Waals surface area (Å²) in [5, 5.41) is 0. The van der Waals surface area contributed by atoms with E-state index in [1.165, 1.54) is 0 Å². The molecule has 2 aromatic rings. The van der Waals surface area contributed by atoms with Crippen molar-refractivity contribution in [3.63, 3.8) is 0 Å². The Kier molecular flexibility index (Phi) is 5.22. The molecule has 0 bridgehead atoms. The fourth-order valence-electron chi connectivity index (χ4n) is 2.36. The van der Waals surface area contributed by atoms with Gasteiger partial charge >= 0.3 is 0 Å². The Morgan fingerprint density at radius 2 is 1.86 bits per heavy atom. The predicted molar refractivity (Wildman–Crippen MR) is 87.6 cm³/mol. The van der Waals surface area contributed by atoms with Crippen LogP contribution in [0, 0.1) is 6.92 Å². The molecule has 4 nitrogen and oxygen atoms in total. The molecule has 5 heteroatoms. The summed E-state index contributed by atoms with van der Waals surface area (Å²) in [5.41, 5.74) is 5.99. The van der Waals surface area contributed by atoms with E-state index in [1.807, 2.05) is 31.2 Å². The van der Waals surface area contributed by atoms with Crippen molar-refractivity contribution < 1.29 is 9.47 Å². The third-order valence-electron chi connectivity index (χ3n) is 3.31. The van der Waals surface area contributed by atoms with Crippen LogP contribution in [0.3, 0.4) is 0 Å². The number of hydrogen-bond donors (Lipinski definition) is 2. The molecule has 0 radical (unpaired) electrons. The number of methoxy groups -OCH3 is 2. The Morgan fingerprint density at radius 1 is 1.10 bits per heavy atom. The highest BCUT2D eigenvalue weighted by molar-refractivity contribution is 9.10. The minimum atomic E-state index is -0.189. The number of rotatable bonds is 5. The van der Waals surface area contributed by atoms with E-state index in [4.69, 9.17) is 15.3 Å². The molecule has 0 fully saturated rings. The average molecular weight is 351 g/mol. The number of halogens is 1. The van der Waals surface area contributed by atoms with Crippen LogP contribution in [0.4, 0.5) is 0 Å². The molecule has 0 amide bonds. The maximum absolute atomic E-state index is 5.79. The quantitative estimate of drug-likeness (QED) is 0.641. The highest BCUT2D eigenvalue weighted by Crippen LogP contribution is 2.34. The second-order valence-electron chi connectivity index (χ2n) is 4.77. The number of benzene rings is 2. The van der Waals surface area contributed by atoms with Crippen LogP contribution in [0.25, 0.3) is 0 Å². The summed E-state index contributed by atoms with van der Waals surface area (Å²) in [5.74, 6) is 7.31. The van der Waals surface area contributed by atoms with Gasteiger partial charge in [-0.05, 0) is 48.4 Å². The predicted octanol–water partition coefficient (Wildman–Crippen LogP) is 3.33. The Balaban J connectivity index is 2.54. The zero-order valence-electron chi connectivity index (χ0n) is 12.3. The van der Waals surface area contributed by atoms with E-state index in [9.17, 15) is 0 Å². The molecule has 0 saturated heterocycles. The molecule has 112 valence electrons. The molecule has 3 N–H and O–H groups in total. The number of nitrogens with one attached hydrogen (secondary N) is 1. The first-order valence-electron chi connectivity index (χ1n) is 6.54. The van der Waals surface area contributed by atoms with Crippen molar-refractivity contribution in [3.8, 4) is 11.5 Å². The van der Waals surface area contributed by atoms with E-state index in [0.29, 0.717) is 0 Å². The van der Waals surface area contributed by atoms with E-state index in [2.05, 4.69) is 33.5 Å². The smallest absolute Gasteiger partial charge is 0.124 e. The third-order valence-corrected chi connectivity index (χ3v) is 3.77. The molecule has 0 aliphatic rings. The summed E-state index contributed by atoms with van der Waals surface area (Å²) in [4.78, 5) is 0. The van der Waals surface area contributed by atoms with Gasteiger partial charge in [-0.1, -0.05) is 22.0 Å². The van der Waals surface area contributed by atoms with E-state index in [0.717, 1.165) is 32.7 Å². The zero-order chi connectivity index (χ0) is 15.4. The minimum Gasteiger partial charge on any atom is -0.497 e. The van der Waals surface area contributed by atoms with Crippen molar-refractivity contribution in [3.05, 3.63) is 57.6 Å². The molecular formula is C16H19BrN2O2. The molecule has 0 aromatic heterocycles. The number of ether oxygens (including phenoxy) is 2. The Hall–Kier alpha value is -1.56. The number of nitrogens with two attached hydrogens (primary N) is 1. The molecule has 2 aromatic carbocycles. The van der Waals surface area contributed by atoms with Crippen LogP contribution in [-0.4, -0.2) is 14.2 Å². The number of hydrogen-bond acceptors (Lipinski definition) is 4. The summed E-state index contributed by atoms with van der Waals surface area (Å²) in [7, 11) is 3.28. The van der Waals surface area contributed by atoms with Crippen LogP contribution in [0.5, 0.6) is 11.5 Å². The van der Waals surface area contributed by atoms with Crippen LogP contribution in [0.1, 0.15) is 22.7 Å². The van der Waals surface area contributed by atoms with Gasteiger partial charge in [0.05, 0.1) is 20.3 Å². The second-order valence-corrected chi connectivity index (χ2v) is 5.69.